The molecule has 132 valence electrons. The van der Waals surface area contributed by atoms with E-state index in [0.717, 1.165) is 11.3 Å². The average Bonchev–Trinajstić information content (AvgIpc) is 2.60. The van der Waals surface area contributed by atoms with Crippen LogP contribution in [-0.4, -0.2) is 37.1 Å². The molecule has 1 heterocycles. The number of halogens is 1. The lowest BCUT2D eigenvalue weighted by atomic mass is 10.1. The summed E-state index contributed by atoms with van der Waals surface area (Å²) in [7, 11) is 1.63. The average molecular weight is 343 g/mol. The fraction of sp³-hybridized carbons (Fsp3) is 0.350. The molecule has 1 saturated heterocycles. The van der Waals surface area contributed by atoms with Crippen molar-refractivity contribution in [2.45, 2.75) is 25.6 Å². The molecule has 2 aromatic rings. The van der Waals surface area contributed by atoms with Gasteiger partial charge in [0.2, 0.25) is 5.91 Å². The number of methoxy groups -OCH3 is 1. The van der Waals surface area contributed by atoms with Crippen molar-refractivity contribution in [3.8, 4) is 5.75 Å². The van der Waals surface area contributed by atoms with E-state index in [2.05, 4.69) is 0 Å². The molecule has 0 bridgehead atoms. The topological polar surface area (TPSA) is 38.8 Å². The predicted molar refractivity (Wildman–Crippen MR) is 92.9 cm³/mol. The first-order valence-electron chi connectivity index (χ1n) is 8.41. The van der Waals surface area contributed by atoms with Gasteiger partial charge < -0.3 is 14.4 Å². The first-order chi connectivity index (χ1) is 12.2. The van der Waals surface area contributed by atoms with Crippen LogP contribution < -0.4 is 4.74 Å². The number of carbonyl (C=O) groups is 1. The van der Waals surface area contributed by atoms with E-state index < -0.39 is 0 Å². The number of rotatable bonds is 7. The van der Waals surface area contributed by atoms with Gasteiger partial charge in [0.05, 0.1) is 19.8 Å². The minimum atomic E-state index is -0.255. The van der Waals surface area contributed by atoms with E-state index in [0.29, 0.717) is 31.5 Å². The summed E-state index contributed by atoms with van der Waals surface area (Å²) in [4.78, 5) is 14.0. The SMILES string of the molecule is COc1ccc(CCC(=O)N2CC(OCc3ccccc3F)C2)cc1. The lowest BCUT2D eigenvalue weighted by molar-refractivity contribution is -0.145. The third kappa shape index (κ3) is 4.57. The summed E-state index contributed by atoms with van der Waals surface area (Å²) in [6, 6.07) is 14.3. The molecule has 0 aliphatic carbocycles. The van der Waals surface area contributed by atoms with Gasteiger partial charge in [-0.1, -0.05) is 30.3 Å². The summed E-state index contributed by atoms with van der Waals surface area (Å²) in [5.41, 5.74) is 1.66. The first kappa shape index (κ1) is 17.4. The van der Waals surface area contributed by atoms with Crippen LogP contribution in [0, 0.1) is 5.82 Å². The molecule has 5 heteroatoms. The van der Waals surface area contributed by atoms with Gasteiger partial charge in [-0.25, -0.2) is 4.39 Å². The van der Waals surface area contributed by atoms with Gasteiger partial charge in [-0.15, -0.1) is 0 Å². The van der Waals surface area contributed by atoms with Crippen molar-refractivity contribution >= 4 is 5.91 Å². The Kier molecular flexibility index (Phi) is 5.66. The van der Waals surface area contributed by atoms with Gasteiger partial charge >= 0.3 is 0 Å². The zero-order chi connectivity index (χ0) is 17.6. The molecule has 2 aromatic carbocycles. The van der Waals surface area contributed by atoms with Gasteiger partial charge in [-0.05, 0) is 30.2 Å². The highest BCUT2D eigenvalue weighted by atomic mass is 19.1. The van der Waals surface area contributed by atoms with E-state index in [1.54, 1.807) is 30.2 Å². The smallest absolute Gasteiger partial charge is 0.223 e. The second-order valence-electron chi connectivity index (χ2n) is 6.17. The Morgan fingerprint density at radius 2 is 1.88 bits per heavy atom. The minimum absolute atomic E-state index is 0.00968. The maximum atomic E-state index is 13.5. The van der Waals surface area contributed by atoms with Crippen LogP contribution in [0.1, 0.15) is 17.5 Å². The molecular formula is C20H22FNO3. The molecule has 0 atom stereocenters. The van der Waals surface area contributed by atoms with Gasteiger partial charge in [-0.3, -0.25) is 4.79 Å². The maximum Gasteiger partial charge on any atom is 0.223 e. The third-order valence-electron chi connectivity index (χ3n) is 4.42. The van der Waals surface area contributed by atoms with E-state index in [1.807, 2.05) is 24.3 Å². The number of benzene rings is 2. The van der Waals surface area contributed by atoms with Crippen molar-refractivity contribution in [2.75, 3.05) is 20.2 Å². The van der Waals surface area contributed by atoms with Crippen LogP contribution in [-0.2, 0) is 22.6 Å². The molecule has 0 radical (unpaired) electrons. The lowest BCUT2D eigenvalue weighted by Crippen LogP contribution is -2.54. The van der Waals surface area contributed by atoms with Crippen LogP contribution in [0.2, 0.25) is 0 Å². The standard InChI is InChI=1S/C20H22FNO3/c1-24-17-9-6-15(7-10-17)8-11-20(23)22-12-18(13-22)25-14-16-4-2-3-5-19(16)21/h2-7,9-10,18H,8,11-14H2,1H3. The number of nitrogens with zero attached hydrogens (tertiary/aromatic N) is 1. The fourth-order valence-corrected chi connectivity index (χ4v) is 2.77. The van der Waals surface area contributed by atoms with Crippen molar-refractivity contribution in [1.82, 2.24) is 4.90 Å². The van der Waals surface area contributed by atoms with E-state index >= 15 is 0 Å². The van der Waals surface area contributed by atoms with E-state index in [4.69, 9.17) is 9.47 Å². The Bertz CT molecular complexity index is 711. The summed E-state index contributed by atoms with van der Waals surface area (Å²) < 4.78 is 24.3. The maximum absolute atomic E-state index is 13.5. The predicted octanol–water partition coefficient (Wildman–Crippen LogP) is 3.19. The molecule has 3 rings (SSSR count). The number of hydrogen-bond donors (Lipinski definition) is 0. The summed E-state index contributed by atoms with van der Waals surface area (Å²) in [6.07, 6.45) is 1.18. The number of aryl methyl sites for hydroxylation is 1. The fourth-order valence-electron chi connectivity index (χ4n) is 2.77. The summed E-state index contributed by atoms with van der Waals surface area (Å²) in [5, 5.41) is 0. The summed E-state index contributed by atoms with van der Waals surface area (Å²) in [6.45, 7) is 1.40. The molecule has 0 N–H and O–H groups in total. The highest BCUT2D eigenvalue weighted by Crippen LogP contribution is 2.18. The number of carbonyl (C=O) groups excluding carboxylic acids is 1. The van der Waals surface area contributed by atoms with Crippen LogP contribution in [0.3, 0.4) is 0 Å². The van der Waals surface area contributed by atoms with Crippen molar-refractivity contribution in [2.24, 2.45) is 0 Å². The van der Waals surface area contributed by atoms with Gasteiger partial charge in [0.25, 0.3) is 0 Å². The molecule has 4 nitrogen and oxygen atoms in total. The van der Waals surface area contributed by atoms with Crippen LogP contribution >= 0.6 is 0 Å². The van der Waals surface area contributed by atoms with Gasteiger partial charge in [0, 0.05) is 25.1 Å². The second kappa shape index (κ2) is 8.12. The third-order valence-corrected chi connectivity index (χ3v) is 4.42. The van der Waals surface area contributed by atoms with Gasteiger partial charge in [0.1, 0.15) is 11.6 Å². The van der Waals surface area contributed by atoms with Crippen LogP contribution in [0.15, 0.2) is 48.5 Å². The van der Waals surface area contributed by atoms with Crippen molar-refractivity contribution in [1.29, 1.82) is 0 Å². The molecule has 1 aliphatic heterocycles. The zero-order valence-corrected chi connectivity index (χ0v) is 14.3. The number of ether oxygens (including phenoxy) is 2. The normalized spacial score (nSPS) is 14.2. The number of hydrogen-bond acceptors (Lipinski definition) is 3. The molecule has 1 aliphatic rings. The molecule has 0 unspecified atom stereocenters. The highest BCUT2D eigenvalue weighted by molar-refractivity contribution is 5.77. The molecule has 1 amide bonds. The largest absolute Gasteiger partial charge is 0.497 e. The lowest BCUT2D eigenvalue weighted by Gasteiger charge is -2.39. The molecular weight excluding hydrogens is 321 g/mol. The molecule has 0 saturated carbocycles. The Morgan fingerprint density at radius 3 is 2.56 bits per heavy atom. The number of likely N-dealkylation sites (tertiary alicyclic amines) is 1. The quantitative estimate of drug-likeness (QED) is 0.775. The monoisotopic (exact) mass is 343 g/mol. The van der Waals surface area contributed by atoms with E-state index in [-0.39, 0.29) is 24.4 Å². The second-order valence-corrected chi connectivity index (χ2v) is 6.17. The Labute approximate surface area is 147 Å². The van der Waals surface area contributed by atoms with Crippen LogP contribution in [0.4, 0.5) is 4.39 Å². The molecule has 0 spiro atoms. The van der Waals surface area contributed by atoms with Crippen molar-refractivity contribution in [3.63, 3.8) is 0 Å². The number of amides is 1. The summed E-state index contributed by atoms with van der Waals surface area (Å²) >= 11 is 0. The molecule has 0 aromatic heterocycles. The Morgan fingerprint density at radius 1 is 1.16 bits per heavy atom. The van der Waals surface area contributed by atoms with Crippen molar-refractivity contribution in [3.05, 3.63) is 65.5 Å². The minimum Gasteiger partial charge on any atom is -0.497 e. The van der Waals surface area contributed by atoms with E-state index in [9.17, 15) is 9.18 Å². The zero-order valence-electron chi connectivity index (χ0n) is 14.3. The Hall–Kier alpha value is -2.40. The van der Waals surface area contributed by atoms with Gasteiger partial charge in [0.15, 0.2) is 0 Å². The van der Waals surface area contributed by atoms with Crippen LogP contribution in [0.25, 0.3) is 0 Å². The molecule has 1 fully saturated rings. The van der Waals surface area contributed by atoms with Crippen molar-refractivity contribution < 1.29 is 18.7 Å². The van der Waals surface area contributed by atoms with E-state index in [1.165, 1.54) is 6.07 Å². The first-order valence-corrected chi connectivity index (χ1v) is 8.41. The Balaban J connectivity index is 1.37. The van der Waals surface area contributed by atoms with Crippen LogP contribution in [0.5, 0.6) is 5.75 Å². The van der Waals surface area contributed by atoms with Gasteiger partial charge in [-0.2, -0.15) is 0 Å². The highest BCUT2D eigenvalue weighted by Gasteiger charge is 2.30. The molecule has 25 heavy (non-hydrogen) atoms. The summed E-state index contributed by atoms with van der Waals surface area (Å²) in [5.74, 6) is 0.684.